The average Bonchev–Trinajstić information content (AvgIpc) is 2.68. The average molecular weight is 332 g/mol. The number of carbonyl (C=O) groups excluding carboxylic acids is 2. The van der Waals surface area contributed by atoms with Crippen molar-refractivity contribution < 1.29 is 19.1 Å². The molecule has 124 valence electrons. The van der Waals surface area contributed by atoms with Crippen LogP contribution in [0.4, 0.5) is 0 Å². The molecule has 0 fully saturated rings. The van der Waals surface area contributed by atoms with Gasteiger partial charge in [-0.15, -0.1) is 0 Å². The third-order valence-electron chi connectivity index (χ3n) is 3.70. The van der Waals surface area contributed by atoms with Gasteiger partial charge in [-0.1, -0.05) is 42.5 Å². The number of hydrogen-bond donors (Lipinski definition) is 0. The lowest BCUT2D eigenvalue weighted by atomic mass is 10.0. The topological polar surface area (TPSA) is 52.6 Å². The molecule has 0 amide bonds. The van der Waals surface area contributed by atoms with Crippen molar-refractivity contribution in [1.82, 2.24) is 0 Å². The van der Waals surface area contributed by atoms with Crippen LogP contribution in [0.1, 0.15) is 26.3 Å². The highest BCUT2D eigenvalue weighted by Gasteiger charge is 2.23. The summed E-state index contributed by atoms with van der Waals surface area (Å²) in [6.45, 7) is 0. The Labute approximate surface area is 145 Å². The monoisotopic (exact) mass is 332 g/mol. The third kappa shape index (κ3) is 3.75. The van der Waals surface area contributed by atoms with E-state index in [-0.39, 0.29) is 11.8 Å². The zero-order chi connectivity index (χ0) is 17.6. The highest BCUT2D eigenvalue weighted by atomic mass is 16.6. The van der Waals surface area contributed by atoms with E-state index in [0.717, 1.165) is 5.75 Å². The molecule has 0 N–H and O–H groups in total. The van der Waals surface area contributed by atoms with Gasteiger partial charge in [-0.05, 0) is 36.4 Å². The van der Waals surface area contributed by atoms with E-state index in [4.69, 9.17) is 4.74 Å². The van der Waals surface area contributed by atoms with Gasteiger partial charge in [0.15, 0.2) is 5.78 Å². The first kappa shape index (κ1) is 16.5. The minimum Gasteiger partial charge on any atom is -0.497 e. The second-order valence-corrected chi connectivity index (χ2v) is 5.31. The quantitative estimate of drug-likeness (QED) is 0.534. The molecule has 3 aromatic carbocycles. The lowest BCUT2D eigenvalue weighted by Gasteiger charge is -2.15. The second-order valence-electron chi connectivity index (χ2n) is 5.31. The Kier molecular flexibility index (Phi) is 4.90. The molecular formula is C21H16O4. The Balaban J connectivity index is 0.000000170. The molecule has 0 unspecified atom stereocenters. The Morgan fingerprint density at radius 3 is 1.96 bits per heavy atom. The number of ether oxygens (including phenoxy) is 2. The van der Waals surface area contributed by atoms with Crippen molar-refractivity contribution in [3.8, 4) is 11.5 Å². The molecule has 1 aliphatic rings. The summed E-state index contributed by atoms with van der Waals surface area (Å²) >= 11 is 0. The molecule has 0 saturated heterocycles. The summed E-state index contributed by atoms with van der Waals surface area (Å²) in [5.41, 5.74) is 2.07. The molecule has 4 rings (SSSR count). The summed E-state index contributed by atoms with van der Waals surface area (Å²) in [5.74, 6) is 1.26. The SMILES string of the molecule is COc1ccc(C(=O)c2ccccc2)cc1.O=C1Oc2ccccc21. The first-order valence-electron chi connectivity index (χ1n) is 7.74. The fourth-order valence-electron chi connectivity index (χ4n) is 2.33. The molecule has 0 aliphatic carbocycles. The molecular weight excluding hydrogens is 316 g/mol. The van der Waals surface area contributed by atoms with Gasteiger partial charge in [-0.2, -0.15) is 0 Å². The normalized spacial score (nSPS) is 11.2. The largest absolute Gasteiger partial charge is 0.497 e. The standard InChI is InChI=1S/C14H12O2.C7H4O2/c1-16-13-9-7-12(8-10-13)14(15)11-5-3-2-4-6-11;8-7-5-3-1-2-4-6(5)9-7/h2-10H,1H3;1-4H. The molecule has 1 aliphatic heterocycles. The molecule has 0 spiro atoms. The summed E-state index contributed by atoms with van der Waals surface area (Å²) < 4.78 is 9.69. The number of esters is 1. The number of fused-ring (bicyclic) bond motifs is 1. The highest BCUT2D eigenvalue weighted by molar-refractivity contribution is 6.09. The Morgan fingerprint density at radius 2 is 1.40 bits per heavy atom. The van der Waals surface area contributed by atoms with Crippen LogP contribution in [0.3, 0.4) is 0 Å². The third-order valence-corrected chi connectivity index (χ3v) is 3.70. The van der Waals surface area contributed by atoms with Crippen LogP contribution < -0.4 is 9.47 Å². The fraction of sp³-hybridized carbons (Fsp3) is 0.0476. The van der Waals surface area contributed by atoms with E-state index in [1.807, 2.05) is 42.5 Å². The predicted molar refractivity (Wildman–Crippen MR) is 94.3 cm³/mol. The smallest absolute Gasteiger partial charge is 0.347 e. The Hall–Kier alpha value is -3.40. The number of ketones is 1. The lowest BCUT2D eigenvalue weighted by Crippen LogP contribution is -2.19. The van der Waals surface area contributed by atoms with Crippen molar-refractivity contribution in [3.63, 3.8) is 0 Å². The molecule has 1 heterocycles. The van der Waals surface area contributed by atoms with Crippen LogP contribution in [-0.4, -0.2) is 18.9 Å². The molecule has 25 heavy (non-hydrogen) atoms. The molecule has 0 radical (unpaired) electrons. The summed E-state index contributed by atoms with van der Waals surface area (Å²) in [5, 5.41) is 0. The van der Waals surface area contributed by atoms with Crippen molar-refractivity contribution in [2.24, 2.45) is 0 Å². The molecule has 3 aromatic rings. The maximum absolute atomic E-state index is 12.0. The summed E-state index contributed by atoms with van der Waals surface area (Å²) in [7, 11) is 1.61. The van der Waals surface area contributed by atoms with Gasteiger partial charge in [0.1, 0.15) is 17.1 Å². The number of methoxy groups -OCH3 is 1. The first-order valence-corrected chi connectivity index (χ1v) is 7.74. The van der Waals surface area contributed by atoms with Crippen LogP contribution in [0.2, 0.25) is 0 Å². The summed E-state index contributed by atoms with van der Waals surface area (Å²) in [6.07, 6.45) is 0. The minimum absolute atomic E-state index is 0.0308. The van der Waals surface area contributed by atoms with Gasteiger partial charge in [-0.3, -0.25) is 4.79 Å². The van der Waals surface area contributed by atoms with E-state index in [9.17, 15) is 9.59 Å². The maximum atomic E-state index is 12.0. The van der Waals surface area contributed by atoms with Crippen molar-refractivity contribution in [2.75, 3.05) is 7.11 Å². The Bertz CT molecular complexity index is 883. The van der Waals surface area contributed by atoms with Crippen molar-refractivity contribution in [1.29, 1.82) is 0 Å². The van der Waals surface area contributed by atoms with E-state index in [2.05, 4.69) is 4.74 Å². The van der Waals surface area contributed by atoms with E-state index in [1.165, 1.54) is 0 Å². The molecule has 0 saturated carbocycles. The van der Waals surface area contributed by atoms with E-state index >= 15 is 0 Å². The van der Waals surface area contributed by atoms with Gasteiger partial charge in [-0.25, -0.2) is 4.79 Å². The zero-order valence-electron chi connectivity index (χ0n) is 13.6. The van der Waals surface area contributed by atoms with Crippen molar-refractivity contribution in [3.05, 3.63) is 95.6 Å². The van der Waals surface area contributed by atoms with Crippen molar-refractivity contribution in [2.45, 2.75) is 0 Å². The van der Waals surface area contributed by atoms with Gasteiger partial charge in [0, 0.05) is 11.1 Å². The van der Waals surface area contributed by atoms with Gasteiger partial charge in [0.25, 0.3) is 0 Å². The van der Waals surface area contributed by atoms with Gasteiger partial charge < -0.3 is 9.47 Å². The summed E-state index contributed by atoms with van der Waals surface area (Å²) in [6, 6.07) is 23.5. The van der Waals surface area contributed by atoms with E-state index in [0.29, 0.717) is 22.4 Å². The first-order chi connectivity index (χ1) is 12.2. The maximum Gasteiger partial charge on any atom is 0.347 e. The van der Waals surface area contributed by atoms with Crippen LogP contribution >= 0.6 is 0 Å². The number of benzene rings is 3. The van der Waals surface area contributed by atoms with Gasteiger partial charge in [0.05, 0.1) is 7.11 Å². The molecule has 0 bridgehead atoms. The van der Waals surface area contributed by atoms with Crippen LogP contribution in [0.25, 0.3) is 0 Å². The van der Waals surface area contributed by atoms with E-state index < -0.39 is 0 Å². The molecule has 4 nitrogen and oxygen atoms in total. The lowest BCUT2D eigenvalue weighted by molar-refractivity contribution is 0.0658. The van der Waals surface area contributed by atoms with Crippen LogP contribution in [-0.2, 0) is 0 Å². The van der Waals surface area contributed by atoms with Crippen molar-refractivity contribution >= 4 is 11.8 Å². The number of hydrogen-bond acceptors (Lipinski definition) is 4. The zero-order valence-corrected chi connectivity index (χ0v) is 13.6. The number of carbonyl (C=O) groups is 2. The van der Waals surface area contributed by atoms with Gasteiger partial charge >= 0.3 is 5.97 Å². The van der Waals surface area contributed by atoms with Crippen LogP contribution in [0, 0.1) is 0 Å². The second kappa shape index (κ2) is 7.45. The molecule has 4 heteroatoms. The highest BCUT2D eigenvalue weighted by Crippen LogP contribution is 2.27. The number of para-hydroxylation sites is 1. The van der Waals surface area contributed by atoms with Crippen LogP contribution in [0.5, 0.6) is 11.5 Å². The Morgan fingerprint density at radius 1 is 0.800 bits per heavy atom. The van der Waals surface area contributed by atoms with E-state index in [1.54, 1.807) is 43.5 Å². The summed E-state index contributed by atoms with van der Waals surface area (Å²) in [4.78, 5) is 22.5. The predicted octanol–water partition coefficient (Wildman–Crippen LogP) is 4.15. The molecule has 0 atom stereocenters. The number of rotatable bonds is 3. The molecule has 0 aromatic heterocycles. The fourth-order valence-corrected chi connectivity index (χ4v) is 2.33. The minimum atomic E-state index is -0.217. The van der Waals surface area contributed by atoms with Gasteiger partial charge in [0.2, 0.25) is 0 Å². The van der Waals surface area contributed by atoms with Crippen LogP contribution in [0.15, 0.2) is 78.9 Å².